The Morgan fingerprint density at radius 3 is 2.67 bits per heavy atom. The molecular formula is C33H31ClF2N6O4. The van der Waals surface area contributed by atoms with Crippen LogP contribution in [0.3, 0.4) is 0 Å². The van der Waals surface area contributed by atoms with Gasteiger partial charge in [-0.25, -0.2) is 18.6 Å². The zero-order valence-corrected chi connectivity index (χ0v) is 25.6. The van der Waals surface area contributed by atoms with Crippen molar-refractivity contribution in [3.05, 3.63) is 101 Å². The molecule has 0 saturated heterocycles. The van der Waals surface area contributed by atoms with Crippen molar-refractivity contribution < 1.29 is 27.8 Å². The minimum Gasteiger partial charge on any atom is -0.447 e. The fraction of sp³-hybridized carbons (Fsp3) is 0.242. The SMILES string of the molecule is CN(C(=O)CCc1cccc(F)c1Cl)[C@H](CCCN/C(=N/C#N)Oc1ccccc1)COC(=O)Nc1cc2cc(F)ccc2cn1. The first-order chi connectivity index (χ1) is 22.2. The van der Waals surface area contributed by atoms with Crippen molar-refractivity contribution in [3.63, 3.8) is 0 Å². The summed E-state index contributed by atoms with van der Waals surface area (Å²) >= 11 is 6.06. The minimum atomic E-state index is -0.807. The molecule has 1 aromatic heterocycles. The Kier molecular flexibility index (Phi) is 12.2. The molecule has 238 valence electrons. The highest BCUT2D eigenvalue weighted by atomic mass is 35.5. The van der Waals surface area contributed by atoms with E-state index in [2.05, 4.69) is 20.6 Å². The lowest BCUT2D eigenvalue weighted by atomic mass is 10.1. The number of carbonyl (C=O) groups is 2. The molecule has 1 atom stereocenters. The Morgan fingerprint density at radius 1 is 1.09 bits per heavy atom. The van der Waals surface area contributed by atoms with Crippen molar-refractivity contribution in [1.82, 2.24) is 15.2 Å². The molecule has 2 amide bonds. The summed E-state index contributed by atoms with van der Waals surface area (Å²) in [5, 5.41) is 15.8. The van der Waals surface area contributed by atoms with E-state index in [0.29, 0.717) is 41.5 Å². The van der Waals surface area contributed by atoms with Crippen LogP contribution in [0.4, 0.5) is 19.4 Å². The number of para-hydroxylation sites is 1. The molecule has 0 bridgehead atoms. The van der Waals surface area contributed by atoms with Gasteiger partial charge in [0.25, 0.3) is 0 Å². The lowest BCUT2D eigenvalue weighted by molar-refractivity contribution is -0.132. The fourth-order valence-corrected chi connectivity index (χ4v) is 4.74. The van der Waals surface area contributed by atoms with Crippen molar-refractivity contribution in [2.24, 2.45) is 4.99 Å². The van der Waals surface area contributed by atoms with Gasteiger partial charge in [-0.1, -0.05) is 41.9 Å². The van der Waals surface area contributed by atoms with E-state index in [9.17, 15) is 18.4 Å². The molecule has 13 heteroatoms. The van der Waals surface area contributed by atoms with Crippen LogP contribution in [0.2, 0.25) is 5.02 Å². The van der Waals surface area contributed by atoms with Crippen LogP contribution in [0, 0.1) is 23.1 Å². The molecule has 4 rings (SSSR count). The highest BCUT2D eigenvalue weighted by molar-refractivity contribution is 6.31. The molecule has 46 heavy (non-hydrogen) atoms. The van der Waals surface area contributed by atoms with E-state index in [1.54, 1.807) is 49.6 Å². The van der Waals surface area contributed by atoms with Crippen molar-refractivity contribution in [2.75, 3.05) is 25.5 Å². The number of nitrogens with one attached hydrogen (secondary N) is 2. The van der Waals surface area contributed by atoms with Crippen LogP contribution in [-0.2, 0) is 16.0 Å². The molecule has 0 aliphatic rings. The van der Waals surface area contributed by atoms with Crippen LogP contribution in [-0.4, -0.2) is 54.1 Å². The Bertz CT molecular complexity index is 1730. The van der Waals surface area contributed by atoms with Gasteiger partial charge in [0.1, 0.15) is 29.8 Å². The third kappa shape index (κ3) is 9.87. The molecule has 10 nitrogen and oxygen atoms in total. The lowest BCUT2D eigenvalue weighted by Crippen LogP contribution is -2.41. The number of aliphatic imine (C=N–C) groups is 1. The van der Waals surface area contributed by atoms with Gasteiger partial charge < -0.3 is 19.7 Å². The highest BCUT2D eigenvalue weighted by Crippen LogP contribution is 2.22. The second kappa shape index (κ2) is 16.7. The van der Waals surface area contributed by atoms with E-state index in [0.717, 1.165) is 0 Å². The number of carbonyl (C=O) groups excluding carboxylic acids is 2. The van der Waals surface area contributed by atoms with Gasteiger partial charge >= 0.3 is 12.1 Å². The molecule has 0 aliphatic heterocycles. The second-order valence-electron chi connectivity index (χ2n) is 10.2. The van der Waals surface area contributed by atoms with E-state index in [1.807, 2.05) is 6.07 Å². The number of rotatable bonds is 12. The zero-order chi connectivity index (χ0) is 32.9. The maximum atomic E-state index is 13.9. The average molecular weight is 649 g/mol. The number of nitriles is 1. The Hall–Kier alpha value is -5.28. The smallest absolute Gasteiger partial charge is 0.412 e. The predicted octanol–water partition coefficient (Wildman–Crippen LogP) is 6.46. The van der Waals surface area contributed by atoms with Gasteiger partial charge in [-0.05, 0) is 72.7 Å². The molecule has 0 fully saturated rings. The number of halogens is 3. The van der Waals surface area contributed by atoms with Gasteiger partial charge in [0.2, 0.25) is 12.1 Å². The molecular weight excluding hydrogens is 618 g/mol. The number of likely N-dealkylation sites (N-methyl/N-ethyl adjacent to an activating group) is 1. The summed E-state index contributed by atoms with van der Waals surface area (Å²) in [7, 11) is 1.59. The van der Waals surface area contributed by atoms with E-state index in [4.69, 9.17) is 26.3 Å². The van der Waals surface area contributed by atoms with E-state index in [1.165, 1.54) is 41.4 Å². The molecule has 0 unspecified atom stereocenters. The summed E-state index contributed by atoms with van der Waals surface area (Å²) in [6.07, 6.45) is 3.52. The number of amides is 2. The molecule has 0 aliphatic carbocycles. The monoisotopic (exact) mass is 648 g/mol. The van der Waals surface area contributed by atoms with E-state index >= 15 is 0 Å². The summed E-state index contributed by atoms with van der Waals surface area (Å²) in [6.45, 7) is 0.172. The Labute approximate surface area is 269 Å². The van der Waals surface area contributed by atoms with Crippen molar-refractivity contribution >= 4 is 46.2 Å². The van der Waals surface area contributed by atoms with Gasteiger partial charge in [-0.15, -0.1) is 4.99 Å². The quantitative estimate of drug-likeness (QED) is 0.0781. The summed E-state index contributed by atoms with van der Waals surface area (Å²) in [5.74, 6) is -0.584. The van der Waals surface area contributed by atoms with Gasteiger partial charge in [-0.2, -0.15) is 5.26 Å². The predicted molar refractivity (Wildman–Crippen MR) is 170 cm³/mol. The third-order valence-corrected chi connectivity index (χ3v) is 7.42. The van der Waals surface area contributed by atoms with Crippen molar-refractivity contribution in [2.45, 2.75) is 31.7 Å². The average Bonchev–Trinajstić information content (AvgIpc) is 3.05. The Balaban J connectivity index is 1.37. The normalized spacial score (nSPS) is 11.8. The highest BCUT2D eigenvalue weighted by Gasteiger charge is 2.22. The first-order valence-corrected chi connectivity index (χ1v) is 14.7. The number of hydrogen-bond acceptors (Lipinski definition) is 7. The fourth-order valence-electron chi connectivity index (χ4n) is 4.52. The molecule has 0 saturated carbocycles. The van der Waals surface area contributed by atoms with Gasteiger partial charge in [-0.3, -0.25) is 10.1 Å². The van der Waals surface area contributed by atoms with Crippen LogP contribution < -0.4 is 15.4 Å². The molecule has 3 aromatic carbocycles. The zero-order valence-electron chi connectivity index (χ0n) is 24.9. The van der Waals surface area contributed by atoms with Crippen LogP contribution in [0.15, 0.2) is 84.0 Å². The number of hydrogen-bond donors (Lipinski definition) is 2. The van der Waals surface area contributed by atoms with E-state index < -0.39 is 23.8 Å². The summed E-state index contributed by atoms with van der Waals surface area (Å²) in [4.78, 5) is 35.2. The van der Waals surface area contributed by atoms with Crippen LogP contribution in [0.5, 0.6) is 5.75 Å². The summed E-state index contributed by atoms with van der Waals surface area (Å²) in [6, 6.07) is 18.5. The van der Waals surface area contributed by atoms with Gasteiger partial charge in [0.05, 0.1) is 11.1 Å². The Morgan fingerprint density at radius 2 is 1.89 bits per heavy atom. The van der Waals surface area contributed by atoms with Crippen LogP contribution >= 0.6 is 11.6 Å². The summed E-state index contributed by atoms with van der Waals surface area (Å²) < 4.78 is 38.6. The first kappa shape index (κ1) is 33.6. The maximum Gasteiger partial charge on any atom is 0.412 e. The number of fused-ring (bicyclic) bond motifs is 1. The molecule has 0 spiro atoms. The number of nitrogens with zero attached hydrogens (tertiary/aromatic N) is 4. The van der Waals surface area contributed by atoms with Crippen LogP contribution in [0.1, 0.15) is 24.8 Å². The van der Waals surface area contributed by atoms with Gasteiger partial charge in [0.15, 0.2) is 0 Å². The largest absolute Gasteiger partial charge is 0.447 e. The maximum absolute atomic E-state index is 13.9. The van der Waals surface area contributed by atoms with Gasteiger partial charge in [0, 0.05) is 31.6 Å². The number of ether oxygens (including phenoxy) is 2. The lowest BCUT2D eigenvalue weighted by Gasteiger charge is -2.28. The number of amidine groups is 1. The number of benzene rings is 3. The van der Waals surface area contributed by atoms with E-state index in [-0.39, 0.29) is 42.2 Å². The molecule has 0 radical (unpaired) electrons. The number of anilines is 1. The standard InChI is InChI=1S/C33H31ClF2N6O4/c1-42(30(43)15-13-22-7-5-11-28(36)31(22)34)26(8-6-16-38-32(40-21-37)46-27-9-3-2-4-10-27)20-45-33(44)41-29-18-24-17-25(35)14-12-23(24)19-39-29/h2-5,7,9-12,14,17-19,26H,6,8,13,15-16,20H2,1H3,(H,38,40)(H,39,41,44)/t26-/m1/s1. The first-order valence-electron chi connectivity index (χ1n) is 14.3. The molecule has 4 aromatic rings. The minimum absolute atomic E-state index is 0.0139. The second-order valence-corrected chi connectivity index (χ2v) is 10.5. The summed E-state index contributed by atoms with van der Waals surface area (Å²) in [5.41, 5.74) is 0.505. The molecule has 2 N–H and O–H groups in total. The topological polar surface area (TPSA) is 129 Å². The third-order valence-electron chi connectivity index (χ3n) is 7.00. The van der Waals surface area contributed by atoms with Crippen LogP contribution in [0.25, 0.3) is 10.8 Å². The van der Waals surface area contributed by atoms with Crippen molar-refractivity contribution in [3.8, 4) is 11.9 Å². The number of aromatic nitrogens is 1. The number of pyridine rings is 1. The van der Waals surface area contributed by atoms with Crippen molar-refractivity contribution in [1.29, 1.82) is 5.26 Å². The number of aryl methyl sites for hydroxylation is 1. The molecule has 1 heterocycles.